The number of likely N-dealkylation sites (tertiary alicyclic amines) is 1. The lowest BCUT2D eigenvalue weighted by molar-refractivity contribution is 0.331. The number of aromatic nitrogens is 1. The summed E-state index contributed by atoms with van der Waals surface area (Å²) in [6.07, 6.45) is 7.41. The van der Waals surface area contributed by atoms with Gasteiger partial charge < -0.3 is 10.6 Å². The number of hydrogen-bond acceptors (Lipinski definition) is 3. The fraction of sp³-hybridized carbons (Fsp3) is 0.455. The smallest absolute Gasteiger partial charge is 0.191 e. The van der Waals surface area contributed by atoms with E-state index in [9.17, 15) is 0 Å². The van der Waals surface area contributed by atoms with E-state index in [1.807, 2.05) is 19.4 Å². The Bertz CT molecular complexity index is 733. The van der Waals surface area contributed by atoms with E-state index < -0.39 is 0 Å². The number of nitrogens with zero attached hydrogens (tertiary/aromatic N) is 3. The second-order valence-corrected chi connectivity index (χ2v) is 7.20. The maximum atomic E-state index is 4.32. The molecule has 0 bridgehead atoms. The van der Waals surface area contributed by atoms with Crippen molar-refractivity contribution >= 4 is 5.96 Å². The number of aliphatic imine (C=N–C) groups is 1. The summed E-state index contributed by atoms with van der Waals surface area (Å²) in [6, 6.07) is 11.0. The Kier molecular flexibility index (Phi) is 7.22. The average Bonchev–Trinajstić information content (AvgIpc) is 3.20. The van der Waals surface area contributed by atoms with E-state index in [4.69, 9.17) is 0 Å². The molecule has 0 radical (unpaired) electrons. The third-order valence-corrected chi connectivity index (χ3v) is 5.13. The summed E-state index contributed by atoms with van der Waals surface area (Å²) >= 11 is 0. The Hall–Kier alpha value is -2.40. The standard InChI is InChI=1S/C22H31N5/c1-18-15-24-11-9-21(18)10-12-25-22(23-2)26-16-19-5-7-20(8-6-19)17-27-13-3-4-14-27/h5-9,11,15H,3-4,10,12-14,16-17H2,1-2H3,(H2,23,25,26). The lowest BCUT2D eigenvalue weighted by atomic mass is 10.1. The highest BCUT2D eigenvalue weighted by Crippen LogP contribution is 2.13. The third kappa shape index (κ3) is 6.07. The molecule has 0 spiro atoms. The Labute approximate surface area is 162 Å². The van der Waals surface area contributed by atoms with E-state index in [2.05, 4.69) is 62.8 Å². The fourth-order valence-corrected chi connectivity index (χ4v) is 3.47. The SMILES string of the molecule is CN=C(NCCc1ccncc1C)NCc1ccc(CN2CCCC2)cc1. The van der Waals surface area contributed by atoms with Crippen molar-refractivity contribution in [3.05, 3.63) is 65.0 Å². The van der Waals surface area contributed by atoms with Crippen molar-refractivity contribution in [2.45, 2.75) is 39.3 Å². The van der Waals surface area contributed by atoms with Gasteiger partial charge in [0.1, 0.15) is 0 Å². The molecule has 0 amide bonds. The summed E-state index contributed by atoms with van der Waals surface area (Å²) < 4.78 is 0. The zero-order valence-electron chi connectivity index (χ0n) is 16.5. The van der Waals surface area contributed by atoms with E-state index in [1.54, 1.807) is 0 Å². The molecule has 1 aromatic carbocycles. The molecular weight excluding hydrogens is 334 g/mol. The molecule has 3 rings (SSSR count). The van der Waals surface area contributed by atoms with E-state index in [0.29, 0.717) is 0 Å². The molecule has 5 nitrogen and oxygen atoms in total. The van der Waals surface area contributed by atoms with Crippen LogP contribution in [-0.2, 0) is 19.5 Å². The topological polar surface area (TPSA) is 52.6 Å². The number of rotatable bonds is 7. The molecule has 2 aromatic rings. The van der Waals surface area contributed by atoms with Gasteiger partial charge in [0.15, 0.2) is 5.96 Å². The quantitative estimate of drug-likeness (QED) is 0.585. The molecule has 5 heteroatoms. The molecule has 0 saturated carbocycles. The zero-order chi connectivity index (χ0) is 18.9. The van der Waals surface area contributed by atoms with Crippen LogP contribution in [0.5, 0.6) is 0 Å². The summed E-state index contributed by atoms with van der Waals surface area (Å²) in [5.74, 6) is 0.836. The molecule has 144 valence electrons. The lowest BCUT2D eigenvalue weighted by Gasteiger charge is -2.15. The Morgan fingerprint density at radius 1 is 1.07 bits per heavy atom. The monoisotopic (exact) mass is 365 g/mol. The van der Waals surface area contributed by atoms with Crippen LogP contribution in [-0.4, -0.2) is 42.5 Å². The molecule has 1 aliphatic rings. The highest BCUT2D eigenvalue weighted by molar-refractivity contribution is 5.79. The van der Waals surface area contributed by atoms with Crippen LogP contribution < -0.4 is 10.6 Å². The van der Waals surface area contributed by atoms with Crippen LogP contribution in [0, 0.1) is 6.92 Å². The van der Waals surface area contributed by atoms with Gasteiger partial charge in [-0.2, -0.15) is 0 Å². The van der Waals surface area contributed by atoms with Gasteiger partial charge in [0.05, 0.1) is 0 Å². The van der Waals surface area contributed by atoms with E-state index in [1.165, 1.54) is 48.2 Å². The number of guanidine groups is 1. The molecule has 2 heterocycles. The average molecular weight is 366 g/mol. The molecule has 1 saturated heterocycles. The van der Waals surface area contributed by atoms with Crippen LogP contribution in [0.3, 0.4) is 0 Å². The second kappa shape index (κ2) is 10.1. The van der Waals surface area contributed by atoms with Crippen LogP contribution in [0.25, 0.3) is 0 Å². The van der Waals surface area contributed by atoms with E-state index in [-0.39, 0.29) is 0 Å². The van der Waals surface area contributed by atoms with Gasteiger partial charge in [-0.15, -0.1) is 0 Å². The van der Waals surface area contributed by atoms with Gasteiger partial charge in [0, 0.05) is 39.1 Å². The first kappa shape index (κ1) is 19.4. The summed E-state index contributed by atoms with van der Waals surface area (Å²) in [5, 5.41) is 6.78. The van der Waals surface area contributed by atoms with Crippen LogP contribution in [0.15, 0.2) is 47.7 Å². The Morgan fingerprint density at radius 3 is 2.52 bits per heavy atom. The molecule has 0 aliphatic carbocycles. The molecule has 27 heavy (non-hydrogen) atoms. The third-order valence-electron chi connectivity index (χ3n) is 5.13. The minimum absolute atomic E-state index is 0.776. The highest BCUT2D eigenvalue weighted by atomic mass is 15.2. The summed E-state index contributed by atoms with van der Waals surface area (Å²) in [5.41, 5.74) is 5.22. The molecule has 1 aromatic heterocycles. The van der Waals surface area contributed by atoms with Gasteiger partial charge >= 0.3 is 0 Å². The Balaban J connectivity index is 1.41. The predicted molar refractivity (Wildman–Crippen MR) is 112 cm³/mol. The van der Waals surface area contributed by atoms with Gasteiger partial charge in [-0.3, -0.25) is 14.9 Å². The van der Waals surface area contributed by atoms with Crippen molar-refractivity contribution in [1.82, 2.24) is 20.5 Å². The van der Waals surface area contributed by atoms with Crippen molar-refractivity contribution in [2.24, 2.45) is 4.99 Å². The van der Waals surface area contributed by atoms with Crippen molar-refractivity contribution in [1.29, 1.82) is 0 Å². The first-order valence-corrected chi connectivity index (χ1v) is 9.89. The molecule has 1 fully saturated rings. The van der Waals surface area contributed by atoms with Crippen LogP contribution in [0.1, 0.15) is 35.1 Å². The largest absolute Gasteiger partial charge is 0.356 e. The van der Waals surface area contributed by atoms with E-state index in [0.717, 1.165) is 32.0 Å². The lowest BCUT2D eigenvalue weighted by Crippen LogP contribution is -2.37. The molecular formula is C22H31N5. The van der Waals surface area contributed by atoms with Gasteiger partial charge in [0.2, 0.25) is 0 Å². The Morgan fingerprint density at radius 2 is 1.81 bits per heavy atom. The van der Waals surface area contributed by atoms with Crippen LogP contribution in [0.4, 0.5) is 0 Å². The second-order valence-electron chi connectivity index (χ2n) is 7.20. The number of hydrogen-bond donors (Lipinski definition) is 2. The maximum Gasteiger partial charge on any atom is 0.191 e. The minimum Gasteiger partial charge on any atom is -0.356 e. The normalized spacial score (nSPS) is 15.1. The van der Waals surface area contributed by atoms with Crippen molar-refractivity contribution in [2.75, 3.05) is 26.7 Å². The molecule has 2 N–H and O–H groups in total. The van der Waals surface area contributed by atoms with Crippen molar-refractivity contribution < 1.29 is 0 Å². The van der Waals surface area contributed by atoms with Crippen molar-refractivity contribution in [3.63, 3.8) is 0 Å². The van der Waals surface area contributed by atoms with Crippen LogP contribution in [0.2, 0.25) is 0 Å². The number of nitrogens with one attached hydrogen (secondary N) is 2. The molecule has 1 aliphatic heterocycles. The van der Waals surface area contributed by atoms with Crippen molar-refractivity contribution in [3.8, 4) is 0 Å². The first-order chi connectivity index (χ1) is 13.2. The summed E-state index contributed by atoms with van der Waals surface area (Å²) in [7, 11) is 1.81. The summed E-state index contributed by atoms with van der Waals surface area (Å²) in [6.45, 7) is 7.28. The van der Waals surface area contributed by atoms with E-state index >= 15 is 0 Å². The highest BCUT2D eigenvalue weighted by Gasteiger charge is 2.11. The number of pyridine rings is 1. The van der Waals surface area contributed by atoms with Gasteiger partial charge in [-0.1, -0.05) is 24.3 Å². The maximum absolute atomic E-state index is 4.32. The summed E-state index contributed by atoms with van der Waals surface area (Å²) in [4.78, 5) is 11.0. The molecule has 0 atom stereocenters. The number of benzene rings is 1. The predicted octanol–water partition coefficient (Wildman–Crippen LogP) is 2.89. The zero-order valence-corrected chi connectivity index (χ0v) is 16.5. The minimum atomic E-state index is 0.776. The number of aryl methyl sites for hydroxylation is 1. The van der Waals surface area contributed by atoms with Gasteiger partial charge in [0.25, 0.3) is 0 Å². The van der Waals surface area contributed by atoms with Gasteiger partial charge in [-0.05, 0) is 67.6 Å². The van der Waals surface area contributed by atoms with Crippen LogP contribution >= 0.6 is 0 Å². The fourth-order valence-electron chi connectivity index (χ4n) is 3.47. The first-order valence-electron chi connectivity index (χ1n) is 9.89. The van der Waals surface area contributed by atoms with Gasteiger partial charge in [-0.25, -0.2) is 0 Å². The molecule has 0 unspecified atom stereocenters.